The molecule has 1 fully saturated rings. The number of rotatable bonds is 5. The largest absolute Gasteiger partial charge is 0.468 e. The van der Waals surface area contributed by atoms with Gasteiger partial charge in [0.05, 0.1) is 12.8 Å². The van der Waals surface area contributed by atoms with E-state index in [0.717, 1.165) is 18.8 Å². The van der Waals surface area contributed by atoms with E-state index in [1.54, 1.807) is 0 Å². The summed E-state index contributed by atoms with van der Waals surface area (Å²) in [4.78, 5) is 2.47. The fourth-order valence-corrected chi connectivity index (χ4v) is 2.12. The van der Waals surface area contributed by atoms with Crippen molar-refractivity contribution in [1.82, 2.24) is 10.2 Å². The molecule has 2 rings (SSSR count). The summed E-state index contributed by atoms with van der Waals surface area (Å²) in [6.07, 6.45) is 4.48. The molecule has 2 heterocycles. The molecule has 16 heavy (non-hydrogen) atoms. The molecular formula is C13H22N2O. The molecular weight excluding hydrogens is 200 g/mol. The Labute approximate surface area is 97.8 Å². The first kappa shape index (κ1) is 11.7. The predicted molar refractivity (Wildman–Crippen MR) is 65.2 cm³/mol. The van der Waals surface area contributed by atoms with Crippen LogP contribution in [-0.2, 0) is 13.1 Å². The third kappa shape index (κ3) is 3.09. The normalized spacial score (nSPS) is 17.4. The van der Waals surface area contributed by atoms with Crippen molar-refractivity contribution in [3.8, 4) is 0 Å². The summed E-state index contributed by atoms with van der Waals surface area (Å²) >= 11 is 0. The molecule has 1 aromatic heterocycles. The molecule has 0 amide bonds. The Morgan fingerprint density at radius 1 is 1.38 bits per heavy atom. The molecule has 3 nitrogen and oxygen atoms in total. The molecule has 0 saturated carbocycles. The van der Waals surface area contributed by atoms with Crippen molar-refractivity contribution in [3.05, 3.63) is 23.7 Å². The van der Waals surface area contributed by atoms with Crippen LogP contribution in [0.2, 0.25) is 0 Å². The topological polar surface area (TPSA) is 28.4 Å². The van der Waals surface area contributed by atoms with Gasteiger partial charge in [0.1, 0.15) is 5.76 Å². The lowest BCUT2D eigenvalue weighted by atomic mass is 10.2. The first-order valence-corrected chi connectivity index (χ1v) is 6.26. The maximum atomic E-state index is 5.58. The molecule has 0 unspecified atom stereocenters. The molecule has 90 valence electrons. The van der Waals surface area contributed by atoms with Crippen LogP contribution in [0, 0.1) is 0 Å². The van der Waals surface area contributed by atoms with Crippen LogP contribution in [0.25, 0.3) is 0 Å². The Kier molecular flexibility index (Phi) is 4.02. The number of nitrogens with one attached hydrogen (secondary N) is 1. The van der Waals surface area contributed by atoms with Gasteiger partial charge in [-0.05, 0) is 32.0 Å². The Morgan fingerprint density at radius 3 is 2.81 bits per heavy atom. The van der Waals surface area contributed by atoms with E-state index >= 15 is 0 Å². The van der Waals surface area contributed by atoms with Crippen LogP contribution in [0.15, 0.2) is 16.7 Å². The second kappa shape index (κ2) is 5.51. The molecule has 0 aromatic carbocycles. The highest BCUT2D eigenvalue weighted by Crippen LogP contribution is 2.17. The van der Waals surface area contributed by atoms with E-state index in [9.17, 15) is 0 Å². The summed E-state index contributed by atoms with van der Waals surface area (Å²) in [7, 11) is 0. The number of likely N-dealkylation sites (tertiary alicyclic amines) is 1. The van der Waals surface area contributed by atoms with Crippen molar-refractivity contribution in [3.63, 3.8) is 0 Å². The summed E-state index contributed by atoms with van der Waals surface area (Å²) in [6.45, 7) is 8.66. The van der Waals surface area contributed by atoms with Gasteiger partial charge in [-0.3, -0.25) is 4.90 Å². The highest BCUT2D eigenvalue weighted by molar-refractivity contribution is 5.17. The van der Waals surface area contributed by atoms with Gasteiger partial charge in [-0.1, -0.05) is 13.8 Å². The quantitative estimate of drug-likeness (QED) is 0.829. The first-order valence-electron chi connectivity index (χ1n) is 6.26. The summed E-state index contributed by atoms with van der Waals surface area (Å²) in [5, 5.41) is 3.43. The molecule has 0 bridgehead atoms. The zero-order valence-electron chi connectivity index (χ0n) is 10.3. The van der Waals surface area contributed by atoms with E-state index in [-0.39, 0.29) is 0 Å². The zero-order chi connectivity index (χ0) is 11.4. The molecule has 0 atom stereocenters. The SMILES string of the molecule is CC(C)NCc1ccoc1CN1CCCC1. The highest BCUT2D eigenvalue weighted by atomic mass is 16.3. The second-order valence-corrected chi connectivity index (χ2v) is 4.89. The average molecular weight is 222 g/mol. The third-order valence-electron chi connectivity index (χ3n) is 3.10. The molecule has 1 aromatic rings. The van der Waals surface area contributed by atoms with Gasteiger partial charge >= 0.3 is 0 Å². The molecule has 0 radical (unpaired) electrons. The van der Waals surface area contributed by atoms with Gasteiger partial charge in [-0.25, -0.2) is 0 Å². The van der Waals surface area contributed by atoms with Crippen molar-refractivity contribution < 1.29 is 4.42 Å². The predicted octanol–water partition coefficient (Wildman–Crippen LogP) is 2.37. The van der Waals surface area contributed by atoms with Crippen LogP contribution in [-0.4, -0.2) is 24.0 Å². The van der Waals surface area contributed by atoms with Gasteiger partial charge in [-0.2, -0.15) is 0 Å². The van der Waals surface area contributed by atoms with Crippen LogP contribution < -0.4 is 5.32 Å². The maximum Gasteiger partial charge on any atom is 0.122 e. The van der Waals surface area contributed by atoms with Crippen LogP contribution >= 0.6 is 0 Å². The van der Waals surface area contributed by atoms with Crippen molar-refractivity contribution in [2.75, 3.05) is 13.1 Å². The molecule has 1 N–H and O–H groups in total. The van der Waals surface area contributed by atoms with Gasteiger partial charge in [0.25, 0.3) is 0 Å². The van der Waals surface area contributed by atoms with E-state index in [1.807, 2.05) is 6.26 Å². The lowest BCUT2D eigenvalue weighted by Gasteiger charge is -2.14. The van der Waals surface area contributed by atoms with Gasteiger partial charge < -0.3 is 9.73 Å². The molecule has 3 heteroatoms. The monoisotopic (exact) mass is 222 g/mol. The lowest BCUT2D eigenvalue weighted by Crippen LogP contribution is -2.23. The van der Waals surface area contributed by atoms with Crippen LogP contribution in [0.5, 0.6) is 0 Å². The molecule has 0 spiro atoms. The molecule has 1 aliphatic rings. The summed E-state index contributed by atoms with van der Waals surface area (Å²) in [5.74, 6) is 1.13. The van der Waals surface area contributed by atoms with Gasteiger partial charge in [0, 0.05) is 18.2 Å². The minimum Gasteiger partial charge on any atom is -0.468 e. The Balaban J connectivity index is 1.90. The minimum atomic E-state index is 0.523. The number of nitrogens with zero attached hydrogens (tertiary/aromatic N) is 1. The summed E-state index contributed by atoms with van der Waals surface area (Å²) < 4.78 is 5.58. The fourth-order valence-electron chi connectivity index (χ4n) is 2.12. The second-order valence-electron chi connectivity index (χ2n) is 4.89. The van der Waals surface area contributed by atoms with E-state index in [4.69, 9.17) is 4.42 Å². The number of hydrogen-bond acceptors (Lipinski definition) is 3. The standard InChI is InChI=1S/C13H22N2O/c1-11(2)14-9-12-5-8-16-13(12)10-15-6-3-4-7-15/h5,8,11,14H,3-4,6-7,9-10H2,1-2H3. The van der Waals surface area contributed by atoms with E-state index in [0.29, 0.717) is 6.04 Å². The molecule has 1 saturated heterocycles. The Morgan fingerprint density at radius 2 is 2.12 bits per heavy atom. The van der Waals surface area contributed by atoms with Crippen molar-refractivity contribution in [1.29, 1.82) is 0 Å². The van der Waals surface area contributed by atoms with Gasteiger partial charge in [-0.15, -0.1) is 0 Å². The first-order chi connectivity index (χ1) is 7.75. The number of furan rings is 1. The minimum absolute atomic E-state index is 0.523. The molecule has 1 aliphatic heterocycles. The van der Waals surface area contributed by atoms with Gasteiger partial charge in [0.2, 0.25) is 0 Å². The fraction of sp³-hybridized carbons (Fsp3) is 0.692. The van der Waals surface area contributed by atoms with Crippen molar-refractivity contribution in [2.24, 2.45) is 0 Å². The highest BCUT2D eigenvalue weighted by Gasteiger charge is 2.15. The third-order valence-corrected chi connectivity index (χ3v) is 3.10. The van der Waals surface area contributed by atoms with E-state index in [2.05, 4.69) is 30.1 Å². The Hall–Kier alpha value is -0.800. The zero-order valence-corrected chi connectivity index (χ0v) is 10.3. The lowest BCUT2D eigenvalue weighted by molar-refractivity contribution is 0.295. The summed E-state index contributed by atoms with van der Waals surface area (Å²) in [5.41, 5.74) is 1.31. The van der Waals surface area contributed by atoms with E-state index in [1.165, 1.54) is 31.5 Å². The Bertz CT molecular complexity index is 313. The molecule has 0 aliphatic carbocycles. The smallest absolute Gasteiger partial charge is 0.122 e. The van der Waals surface area contributed by atoms with E-state index < -0.39 is 0 Å². The number of hydrogen-bond donors (Lipinski definition) is 1. The average Bonchev–Trinajstić information content (AvgIpc) is 2.87. The van der Waals surface area contributed by atoms with Crippen molar-refractivity contribution in [2.45, 2.75) is 45.8 Å². The van der Waals surface area contributed by atoms with Crippen molar-refractivity contribution >= 4 is 0 Å². The summed E-state index contributed by atoms with van der Waals surface area (Å²) in [6, 6.07) is 2.61. The van der Waals surface area contributed by atoms with Gasteiger partial charge in [0.15, 0.2) is 0 Å². The van der Waals surface area contributed by atoms with Crippen LogP contribution in [0.4, 0.5) is 0 Å². The van der Waals surface area contributed by atoms with Crippen LogP contribution in [0.1, 0.15) is 38.0 Å². The maximum absolute atomic E-state index is 5.58. The van der Waals surface area contributed by atoms with Crippen LogP contribution in [0.3, 0.4) is 0 Å².